The van der Waals surface area contributed by atoms with Crippen LogP contribution in [0.2, 0.25) is 0 Å². The van der Waals surface area contributed by atoms with Crippen LogP contribution in [0, 0.1) is 5.82 Å². The highest BCUT2D eigenvalue weighted by Crippen LogP contribution is 2.41. The molecule has 0 aliphatic carbocycles. The van der Waals surface area contributed by atoms with E-state index in [1.807, 2.05) is 0 Å². The second kappa shape index (κ2) is 5.57. The summed E-state index contributed by atoms with van der Waals surface area (Å²) in [5.74, 6) is -2.92. The molecule has 1 atom stereocenters. The number of hydrogen-bond acceptors (Lipinski definition) is 4. The van der Waals surface area contributed by atoms with E-state index >= 15 is 0 Å². The maximum Gasteiger partial charge on any atom is 0.310 e. The molecule has 1 rings (SSSR count). The van der Waals surface area contributed by atoms with E-state index in [1.54, 1.807) is 0 Å². The predicted molar refractivity (Wildman–Crippen MR) is 62.1 cm³/mol. The van der Waals surface area contributed by atoms with Gasteiger partial charge in [0.1, 0.15) is 0 Å². The number of aliphatic carboxylic acids is 1. The maximum atomic E-state index is 14.1. The molecule has 0 aliphatic heterocycles. The van der Waals surface area contributed by atoms with Crippen LogP contribution in [0.3, 0.4) is 0 Å². The first-order valence-electron chi connectivity index (χ1n) is 5.19. The molecule has 0 aliphatic rings. The van der Waals surface area contributed by atoms with Gasteiger partial charge in [0.25, 0.3) is 0 Å². The predicted octanol–water partition coefficient (Wildman–Crippen LogP) is 2.04. The van der Waals surface area contributed by atoms with E-state index in [2.05, 4.69) is 0 Å². The normalized spacial score (nSPS) is 11.8. The average molecular weight is 258 g/mol. The number of methoxy groups -OCH3 is 3. The summed E-state index contributed by atoms with van der Waals surface area (Å²) in [4.78, 5) is 11.0. The number of halogens is 1. The molecule has 0 amide bonds. The summed E-state index contributed by atoms with van der Waals surface area (Å²) in [5, 5.41) is 8.99. The largest absolute Gasteiger partial charge is 0.493 e. The molecule has 0 spiro atoms. The summed E-state index contributed by atoms with van der Waals surface area (Å²) in [5.41, 5.74) is 0.195. The van der Waals surface area contributed by atoms with Crippen molar-refractivity contribution in [1.82, 2.24) is 0 Å². The molecule has 0 fully saturated rings. The number of benzene rings is 1. The Morgan fingerprint density at radius 2 is 1.78 bits per heavy atom. The van der Waals surface area contributed by atoms with Gasteiger partial charge in [-0.2, -0.15) is 4.39 Å². The van der Waals surface area contributed by atoms with Crippen LogP contribution < -0.4 is 14.2 Å². The quantitative estimate of drug-likeness (QED) is 0.875. The number of carboxylic acid groups (broad SMARTS) is 1. The lowest BCUT2D eigenvalue weighted by atomic mass is 9.99. The molecule has 0 radical (unpaired) electrons. The molecule has 0 heterocycles. The molecule has 1 N–H and O–H groups in total. The third-order valence-electron chi connectivity index (χ3n) is 2.64. The molecular formula is C12H15FO5. The van der Waals surface area contributed by atoms with Crippen molar-refractivity contribution in [2.75, 3.05) is 21.3 Å². The van der Waals surface area contributed by atoms with E-state index in [-0.39, 0.29) is 22.8 Å². The van der Waals surface area contributed by atoms with Crippen molar-refractivity contribution in [3.63, 3.8) is 0 Å². The Balaban J connectivity index is 3.51. The van der Waals surface area contributed by atoms with Crippen LogP contribution in [0.5, 0.6) is 17.2 Å². The third-order valence-corrected chi connectivity index (χ3v) is 2.64. The molecular weight excluding hydrogens is 243 g/mol. The Labute approximate surface area is 104 Å². The molecule has 6 heteroatoms. The molecule has 5 nitrogen and oxygen atoms in total. The first-order valence-corrected chi connectivity index (χ1v) is 5.19. The van der Waals surface area contributed by atoms with Crippen LogP contribution in [-0.2, 0) is 4.79 Å². The monoisotopic (exact) mass is 258 g/mol. The lowest BCUT2D eigenvalue weighted by Crippen LogP contribution is -2.11. The summed E-state index contributed by atoms with van der Waals surface area (Å²) >= 11 is 0. The Hall–Kier alpha value is -1.98. The Morgan fingerprint density at radius 3 is 2.17 bits per heavy atom. The second-order valence-electron chi connectivity index (χ2n) is 3.61. The van der Waals surface area contributed by atoms with Gasteiger partial charge in [-0.1, -0.05) is 0 Å². The Kier molecular flexibility index (Phi) is 4.36. The van der Waals surface area contributed by atoms with Crippen molar-refractivity contribution in [3.05, 3.63) is 17.4 Å². The van der Waals surface area contributed by atoms with Gasteiger partial charge >= 0.3 is 5.97 Å². The molecule has 0 saturated heterocycles. The van der Waals surface area contributed by atoms with Gasteiger partial charge in [-0.05, 0) is 13.0 Å². The zero-order chi connectivity index (χ0) is 13.9. The first kappa shape index (κ1) is 14.1. The van der Waals surface area contributed by atoms with Gasteiger partial charge in [-0.3, -0.25) is 4.79 Å². The van der Waals surface area contributed by atoms with Crippen molar-refractivity contribution in [2.45, 2.75) is 12.8 Å². The number of ether oxygens (including phenoxy) is 3. The highest BCUT2D eigenvalue weighted by molar-refractivity contribution is 5.77. The van der Waals surface area contributed by atoms with Gasteiger partial charge in [-0.25, -0.2) is 0 Å². The van der Waals surface area contributed by atoms with Crippen molar-refractivity contribution in [1.29, 1.82) is 0 Å². The molecule has 1 aromatic carbocycles. The van der Waals surface area contributed by atoms with Crippen LogP contribution in [0.15, 0.2) is 6.07 Å². The zero-order valence-electron chi connectivity index (χ0n) is 10.6. The smallest absolute Gasteiger partial charge is 0.310 e. The van der Waals surface area contributed by atoms with Gasteiger partial charge in [0.2, 0.25) is 11.6 Å². The Bertz CT molecular complexity index is 458. The third kappa shape index (κ3) is 2.32. The van der Waals surface area contributed by atoms with Crippen molar-refractivity contribution in [3.8, 4) is 17.2 Å². The van der Waals surface area contributed by atoms with Gasteiger partial charge in [-0.15, -0.1) is 0 Å². The number of carbonyl (C=O) groups is 1. The fourth-order valence-electron chi connectivity index (χ4n) is 1.61. The van der Waals surface area contributed by atoms with E-state index in [1.165, 1.54) is 34.3 Å². The lowest BCUT2D eigenvalue weighted by molar-refractivity contribution is -0.138. The summed E-state index contributed by atoms with van der Waals surface area (Å²) in [6, 6.07) is 1.40. The standard InChI is InChI=1S/C12H15FO5/c1-6(12(14)15)7-5-8(16-2)11(18-4)9(13)10(7)17-3/h5-6H,1-4H3,(H,14,15). The minimum atomic E-state index is -1.08. The topological polar surface area (TPSA) is 65.0 Å². The molecule has 100 valence electrons. The van der Waals surface area contributed by atoms with Crippen molar-refractivity contribution < 1.29 is 28.5 Å². The highest BCUT2D eigenvalue weighted by atomic mass is 19.1. The fraction of sp³-hybridized carbons (Fsp3) is 0.417. The first-order chi connectivity index (χ1) is 8.47. The number of carboxylic acids is 1. The van der Waals surface area contributed by atoms with E-state index in [0.29, 0.717) is 0 Å². The lowest BCUT2D eigenvalue weighted by Gasteiger charge is -2.17. The van der Waals surface area contributed by atoms with E-state index in [0.717, 1.165) is 0 Å². The molecule has 0 saturated carbocycles. The average Bonchev–Trinajstić information content (AvgIpc) is 2.36. The summed E-state index contributed by atoms with van der Waals surface area (Å²) < 4.78 is 28.8. The SMILES string of the molecule is COc1cc(C(C)C(=O)O)c(OC)c(F)c1OC. The minimum Gasteiger partial charge on any atom is -0.493 e. The van der Waals surface area contributed by atoms with E-state index in [4.69, 9.17) is 19.3 Å². The molecule has 0 bridgehead atoms. The zero-order valence-corrected chi connectivity index (χ0v) is 10.6. The minimum absolute atomic E-state index is 0.115. The molecule has 0 aromatic heterocycles. The van der Waals surface area contributed by atoms with Crippen LogP contribution in [0.1, 0.15) is 18.4 Å². The number of hydrogen-bond donors (Lipinski definition) is 1. The van der Waals surface area contributed by atoms with Gasteiger partial charge < -0.3 is 19.3 Å². The second-order valence-corrected chi connectivity index (χ2v) is 3.61. The molecule has 18 heavy (non-hydrogen) atoms. The maximum absolute atomic E-state index is 14.1. The Morgan fingerprint density at radius 1 is 1.22 bits per heavy atom. The summed E-state index contributed by atoms with van der Waals surface area (Å²) in [6.07, 6.45) is 0. The van der Waals surface area contributed by atoms with Crippen LogP contribution in [0.25, 0.3) is 0 Å². The van der Waals surface area contributed by atoms with Crippen molar-refractivity contribution >= 4 is 5.97 Å². The molecule has 1 aromatic rings. The van der Waals surface area contributed by atoms with Gasteiger partial charge in [0, 0.05) is 5.56 Å². The van der Waals surface area contributed by atoms with Crippen LogP contribution in [0.4, 0.5) is 4.39 Å². The summed E-state index contributed by atoms with van der Waals surface area (Å²) in [6.45, 7) is 1.44. The summed E-state index contributed by atoms with van der Waals surface area (Å²) in [7, 11) is 3.90. The van der Waals surface area contributed by atoms with Crippen LogP contribution in [-0.4, -0.2) is 32.4 Å². The molecule has 1 unspecified atom stereocenters. The number of rotatable bonds is 5. The van der Waals surface area contributed by atoms with Gasteiger partial charge in [0.15, 0.2) is 11.5 Å². The van der Waals surface area contributed by atoms with Crippen molar-refractivity contribution in [2.24, 2.45) is 0 Å². The fourth-order valence-corrected chi connectivity index (χ4v) is 1.61. The van der Waals surface area contributed by atoms with E-state index < -0.39 is 17.7 Å². The van der Waals surface area contributed by atoms with E-state index in [9.17, 15) is 9.18 Å². The van der Waals surface area contributed by atoms with Gasteiger partial charge in [0.05, 0.1) is 27.2 Å². The highest BCUT2D eigenvalue weighted by Gasteiger charge is 2.26. The van der Waals surface area contributed by atoms with Crippen LogP contribution >= 0.6 is 0 Å².